The lowest BCUT2D eigenvalue weighted by atomic mass is 9.79. The smallest absolute Gasteiger partial charge is 0.226 e. The van der Waals surface area contributed by atoms with E-state index in [0.717, 1.165) is 29.0 Å². The van der Waals surface area contributed by atoms with E-state index in [-0.39, 0.29) is 17.7 Å². The number of nitrogens with zero attached hydrogens (tertiary/aromatic N) is 3. The molecule has 0 unspecified atom stereocenters. The lowest BCUT2D eigenvalue weighted by Gasteiger charge is -2.34. The highest BCUT2D eigenvalue weighted by molar-refractivity contribution is 6.00. The van der Waals surface area contributed by atoms with Crippen molar-refractivity contribution in [2.24, 2.45) is 0 Å². The minimum Gasteiger partial charge on any atom is -0.469 e. The molecule has 136 valence electrons. The normalized spacial score (nSPS) is 21.6. The van der Waals surface area contributed by atoms with Crippen LogP contribution in [0.15, 0.2) is 58.3 Å². The molecular formula is C21H20N4O2. The number of anilines is 1. The van der Waals surface area contributed by atoms with E-state index in [2.05, 4.69) is 46.6 Å². The van der Waals surface area contributed by atoms with Gasteiger partial charge in [-0.1, -0.05) is 29.8 Å². The number of benzene rings is 1. The van der Waals surface area contributed by atoms with Gasteiger partial charge in [0.2, 0.25) is 5.95 Å². The summed E-state index contributed by atoms with van der Waals surface area (Å²) < 4.78 is 7.40. The summed E-state index contributed by atoms with van der Waals surface area (Å²) in [5, 5.41) is 7.92. The Balaban J connectivity index is 1.63. The number of allylic oxidation sites excluding steroid dienone is 2. The molecule has 1 N–H and O–H groups in total. The number of nitrogens with one attached hydrogen (secondary N) is 1. The number of aryl methyl sites for hydroxylation is 2. The number of rotatable bonds is 2. The van der Waals surface area contributed by atoms with Crippen molar-refractivity contribution in [1.29, 1.82) is 0 Å². The minimum absolute atomic E-state index is 0.0491. The van der Waals surface area contributed by atoms with Gasteiger partial charge in [-0.2, -0.15) is 10.1 Å². The lowest BCUT2D eigenvalue weighted by molar-refractivity contribution is -0.117. The summed E-state index contributed by atoms with van der Waals surface area (Å²) in [6.45, 7) is 3.92. The summed E-state index contributed by atoms with van der Waals surface area (Å²) >= 11 is 0. The first-order valence-electron chi connectivity index (χ1n) is 9.16. The first kappa shape index (κ1) is 16.1. The van der Waals surface area contributed by atoms with Crippen LogP contribution in [0.5, 0.6) is 0 Å². The van der Waals surface area contributed by atoms with Crippen LogP contribution < -0.4 is 5.32 Å². The molecule has 0 radical (unpaired) electrons. The number of carbonyl (C=O) groups excluding carboxylic acids is 1. The van der Waals surface area contributed by atoms with E-state index >= 15 is 0 Å². The fraction of sp³-hybridized carbons (Fsp3) is 0.286. The fourth-order valence-electron chi connectivity index (χ4n) is 4.10. The Labute approximate surface area is 156 Å². The molecule has 2 aliphatic rings. The van der Waals surface area contributed by atoms with Crippen molar-refractivity contribution >= 4 is 11.7 Å². The van der Waals surface area contributed by atoms with Crippen LogP contribution in [0.1, 0.15) is 47.5 Å². The summed E-state index contributed by atoms with van der Waals surface area (Å²) in [7, 11) is 0. The molecule has 1 aliphatic carbocycles. The zero-order chi connectivity index (χ0) is 18.5. The van der Waals surface area contributed by atoms with E-state index in [9.17, 15) is 4.79 Å². The zero-order valence-corrected chi connectivity index (χ0v) is 15.3. The van der Waals surface area contributed by atoms with Crippen molar-refractivity contribution in [2.75, 3.05) is 5.32 Å². The summed E-state index contributed by atoms with van der Waals surface area (Å²) in [5.41, 5.74) is 3.95. The molecule has 5 rings (SSSR count). The number of hydrogen-bond acceptors (Lipinski definition) is 5. The molecule has 0 amide bonds. The van der Waals surface area contributed by atoms with E-state index in [1.807, 2.05) is 23.7 Å². The van der Waals surface area contributed by atoms with Gasteiger partial charge in [-0.15, -0.1) is 0 Å². The zero-order valence-electron chi connectivity index (χ0n) is 15.3. The van der Waals surface area contributed by atoms with E-state index < -0.39 is 0 Å². The Morgan fingerprint density at radius 1 is 1.15 bits per heavy atom. The molecule has 0 spiro atoms. The number of ketones is 1. The van der Waals surface area contributed by atoms with Crippen LogP contribution in [0.4, 0.5) is 5.95 Å². The Morgan fingerprint density at radius 3 is 2.70 bits per heavy atom. The monoisotopic (exact) mass is 360 g/mol. The highest BCUT2D eigenvalue weighted by Crippen LogP contribution is 2.44. The summed E-state index contributed by atoms with van der Waals surface area (Å²) in [4.78, 5) is 17.7. The van der Waals surface area contributed by atoms with Gasteiger partial charge in [-0.3, -0.25) is 4.79 Å². The van der Waals surface area contributed by atoms with E-state index in [0.29, 0.717) is 18.2 Å². The van der Waals surface area contributed by atoms with Crippen molar-refractivity contribution in [3.63, 3.8) is 0 Å². The third kappa shape index (κ3) is 2.60. The number of hydrogen-bond donors (Lipinski definition) is 1. The van der Waals surface area contributed by atoms with Crippen LogP contribution in [-0.4, -0.2) is 20.5 Å². The molecule has 0 bridgehead atoms. The van der Waals surface area contributed by atoms with E-state index in [1.54, 1.807) is 6.26 Å². The highest BCUT2D eigenvalue weighted by Gasteiger charge is 2.40. The van der Waals surface area contributed by atoms with Gasteiger partial charge >= 0.3 is 0 Å². The topological polar surface area (TPSA) is 73.0 Å². The molecule has 6 nitrogen and oxygen atoms in total. The molecule has 1 aliphatic heterocycles. The van der Waals surface area contributed by atoms with Crippen LogP contribution in [0.25, 0.3) is 0 Å². The largest absolute Gasteiger partial charge is 0.469 e. The van der Waals surface area contributed by atoms with Crippen molar-refractivity contribution in [1.82, 2.24) is 14.8 Å². The Morgan fingerprint density at radius 2 is 1.96 bits per heavy atom. The van der Waals surface area contributed by atoms with E-state index in [4.69, 9.17) is 4.42 Å². The molecule has 3 aromatic rings. The average Bonchev–Trinajstić information content (AvgIpc) is 3.29. The maximum atomic E-state index is 13.2. The van der Waals surface area contributed by atoms with Crippen LogP contribution in [-0.2, 0) is 4.79 Å². The van der Waals surface area contributed by atoms with Crippen LogP contribution in [0.2, 0.25) is 0 Å². The first-order chi connectivity index (χ1) is 13.1. The van der Waals surface area contributed by atoms with Crippen LogP contribution in [0, 0.1) is 13.8 Å². The molecule has 27 heavy (non-hydrogen) atoms. The molecule has 2 atom stereocenters. The third-order valence-corrected chi connectivity index (χ3v) is 5.36. The molecule has 0 saturated heterocycles. The van der Waals surface area contributed by atoms with Gasteiger partial charge in [0.1, 0.15) is 17.6 Å². The number of Topliss-reactive ketones (excluding diaryl/α,β-unsaturated/α-hetero) is 1. The van der Waals surface area contributed by atoms with Crippen molar-refractivity contribution in [2.45, 2.75) is 38.6 Å². The highest BCUT2D eigenvalue weighted by atomic mass is 16.3. The third-order valence-electron chi connectivity index (χ3n) is 5.36. The summed E-state index contributed by atoms with van der Waals surface area (Å²) in [6, 6.07) is 11.8. The van der Waals surface area contributed by atoms with Crippen molar-refractivity contribution in [3.8, 4) is 0 Å². The van der Waals surface area contributed by atoms with Gasteiger partial charge in [0.05, 0.1) is 6.26 Å². The van der Waals surface area contributed by atoms with Gasteiger partial charge in [0.15, 0.2) is 5.78 Å². The molecule has 0 fully saturated rings. The van der Waals surface area contributed by atoms with Crippen molar-refractivity contribution in [3.05, 3.63) is 76.6 Å². The summed E-state index contributed by atoms with van der Waals surface area (Å²) in [5.74, 6) is 2.41. The first-order valence-corrected chi connectivity index (χ1v) is 9.16. The second-order valence-corrected chi connectivity index (χ2v) is 7.30. The minimum atomic E-state index is -0.247. The fourth-order valence-corrected chi connectivity index (χ4v) is 4.10. The van der Waals surface area contributed by atoms with Crippen molar-refractivity contribution < 1.29 is 9.21 Å². The molecule has 3 heterocycles. The summed E-state index contributed by atoms with van der Waals surface area (Å²) in [6.07, 6.45) is 2.83. The number of carbonyl (C=O) groups is 1. The second kappa shape index (κ2) is 5.94. The number of aromatic nitrogens is 3. The standard InChI is InChI=1S/C21H20N4O2/c1-12-5-7-14(8-6-12)20-19-16(23-21-22-13(2)24-25(20)21)10-15(11-17(19)26)18-4-3-9-27-18/h3-9,15,20H,10-11H2,1-2H3,(H,22,23,24)/t15-,20-/m1/s1. The molecular weight excluding hydrogens is 340 g/mol. The van der Waals surface area contributed by atoms with Gasteiger partial charge in [0, 0.05) is 23.6 Å². The molecule has 6 heteroatoms. The van der Waals surface area contributed by atoms with Gasteiger partial charge < -0.3 is 9.73 Å². The van der Waals surface area contributed by atoms with Crippen LogP contribution >= 0.6 is 0 Å². The lowest BCUT2D eigenvalue weighted by Crippen LogP contribution is -2.33. The van der Waals surface area contributed by atoms with Crippen LogP contribution in [0.3, 0.4) is 0 Å². The van der Waals surface area contributed by atoms with E-state index in [1.165, 1.54) is 5.56 Å². The predicted octanol–water partition coefficient (Wildman–Crippen LogP) is 3.90. The van der Waals surface area contributed by atoms with Gasteiger partial charge in [0.25, 0.3) is 0 Å². The van der Waals surface area contributed by atoms with Gasteiger partial charge in [-0.05, 0) is 38.0 Å². The Bertz CT molecular complexity index is 1040. The Hall–Kier alpha value is -3.15. The SMILES string of the molecule is Cc1ccc([C@@H]2C3=C(C[C@@H](c4ccco4)CC3=O)Nc3nc(C)nn32)cc1. The predicted molar refractivity (Wildman–Crippen MR) is 100 cm³/mol. The average molecular weight is 360 g/mol. The van der Waals surface area contributed by atoms with Gasteiger partial charge in [-0.25, -0.2) is 4.68 Å². The second-order valence-electron chi connectivity index (χ2n) is 7.30. The quantitative estimate of drug-likeness (QED) is 0.750. The number of furan rings is 1. The maximum Gasteiger partial charge on any atom is 0.226 e. The molecule has 0 saturated carbocycles. The molecule has 1 aromatic carbocycles. The maximum absolute atomic E-state index is 13.2. The molecule has 2 aromatic heterocycles. The Kier molecular flexibility index (Phi) is 3.53. The number of fused-ring (bicyclic) bond motifs is 1.